The van der Waals surface area contributed by atoms with E-state index in [2.05, 4.69) is 17.2 Å². The Kier molecular flexibility index (Phi) is 5.07. The summed E-state index contributed by atoms with van der Waals surface area (Å²) in [6.07, 6.45) is 1.47. The lowest BCUT2D eigenvalue weighted by atomic mass is 9.82. The molecule has 1 aromatic rings. The fraction of sp³-hybridized carbons (Fsp3) is 0.429. The molecule has 4 rings (SSSR count). The van der Waals surface area contributed by atoms with E-state index in [1.165, 1.54) is 4.90 Å². The van der Waals surface area contributed by atoms with Gasteiger partial charge in [0.2, 0.25) is 11.8 Å². The Balaban J connectivity index is 1.41. The molecule has 8 nitrogen and oxygen atoms in total. The number of amides is 3. The quantitative estimate of drug-likeness (QED) is 0.572. The van der Waals surface area contributed by atoms with E-state index in [9.17, 15) is 19.2 Å². The van der Waals surface area contributed by atoms with Crippen molar-refractivity contribution < 1.29 is 29.0 Å². The number of nitrogens with zero attached hydrogens (tertiary/aromatic N) is 1. The number of carbonyl (C=O) groups excluding carboxylic acids is 3. The van der Waals surface area contributed by atoms with Crippen LogP contribution in [0.4, 0.5) is 0 Å². The zero-order chi connectivity index (χ0) is 20.5. The standard InChI is InChI=1S/C21H20N2O6/c24-18-7-6-17(19(25)22-18)23-11-16-12(3-1-5-15(16)20(23)26)4-2-8-29-14-9-13(10-14)21(27)28/h1,3,5,13-14,17H,6-11H2,(H,27,28)(H,22,24,25). The van der Waals surface area contributed by atoms with E-state index in [0.29, 0.717) is 30.4 Å². The van der Waals surface area contributed by atoms with Crippen LogP contribution in [0.1, 0.15) is 47.2 Å². The number of rotatable bonds is 4. The van der Waals surface area contributed by atoms with Crippen molar-refractivity contribution in [1.82, 2.24) is 10.2 Å². The number of aliphatic carboxylic acids is 1. The lowest BCUT2D eigenvalue weighted by molar-refractivity contribution is -0.150. The van der Waals surface area contributed by atoms with Crippen molar-refractivity contribution in [1.29, 1.82) is 0 Å². The number of carbonyl (C=O) groups is 4. The molecule has 2 heterocycles. The van der Waals surface area contributed by atoms with Crippen LogP contribution in [0.5, 0.6) is 0 Å². The molecule has 1 saturated carbocycles. The van der Waals surface area contributed by atoms with E-state index in [1.54, 1.807) is 12.1 Å². The monoisotopic (exact) mass is 396 g/mol. The molecule has 1 saturated heterocycles. The molecule has 1 unspecified atom stereocenters. The summed E-state index contributed by atoms with van der Waals surface area (Å²) in [4.78, 5) is 48.6. The molecular weight excluding hydrogens is 376 g/mol. The highest BCUT2D eigenvalue weighted by Crippen LogP contribution is 2.31. The molecule has 0 radical (unpaired) electrons. The molecule has 2 fully saturated rings. The topological polar surface area (TPSA) is 113 Å². The molecule has 3 amide bonds. The van der Waals surface area contributed by atoms with Crippen LogP contribution in [0, 0.1) is 17.8 Å². The van der Waals surface area contributed by atoms with E-state index in [4.69, 9.17) is 9.84 Å². The largest absolute Gasteiger partial charge is 0.481 e. The molecule has 8 heteroatoms. The molecule has 0 bridgehead atoms. The summed E-state index contributed by atoms with van der Waals surface area (Å²) in [5, 5.41) is 11.2. The lowest BCUT2D eigenvalue weighted by Gasteiger charge is -2.31. The van der Waals surface area contributed by atoms with Crippen molar-refractivity contribution in [3.63, 3.8) is 0 Å². The van der Waals surface area contributed by atoms with Gasteiger partial charge in [-0.1, -0.05) is 17.9 Å². The second-order valence-electron chi connectivity index (χ2n) is 7.47. The minimum absolute atomic E-state index is 0.0727. The maximum atomic E-state index is 12.8. The maximum absolute atomic E-state index is 12.8. The van der Waals surface area contributed by atoms with Crippen molar-refractivity contribution in [2.45, 2.75) is 44.4 Å². The van der Waals surface area contributed by atoms with Gasteiger partial charge < -0.3 is 14.7 Å². The first kappa shape index (κ1) is 19.2. The van der Waals surface area contributed by atoms with Gasteiger partial charge in [0, 0.05) is 24.1 Å². The minimum Gasteiger partial charge on any atom is -0.481 e. The zero-order valence-electron chi connectivity index (χ0n) is 15.6. The summed E-state index contributed by atoms with van der Waals surface area (Å²) in [7, 11) is 0. The third kappa shape index (κ3) is 3.74. The number of hydrogen-bond acceptors (Lipinski definition) is 5. The normalized spacial score (nSPS) is 25.6. The number of imide groups is 1. The third-order valence-electron chi connectivity index (χ3n) is 5.64. The van der Waals surface area contributed by atoms with Crippen LogP contribution < -0.4 is 5.32 Å². The predicted molar refractivity (Wildman–Crippen MR) is 99.5 cm³/mol. The first-order valence-corrected chi connectivity index (χ1v) is 9.54. The van der Waals surface area contributed by atoms with Crippen LogP contribution in [0.15, 0.2) is 18.2 Å². The Bertz CT molecular complexity index is 954. The average Bonchev–Trinajstić information content (AvgIpc) is 2.97. The van der Waals surface area contributed by atoms with E-state index >= 15 is 0 Å². The first-order chi connectivity index (χ1) is 13.9. The van der Waals surface area contributed by atoms with Gasteiger partial charge in [0.1, 0.15) is 12.6 Å². The Morgan fingerprint density at radius 2 is 2.07 bits per heavy atom. The molecular formula is C21H20N2O6. The van der Waals surface area contributed by atoms with Crippen molar-refractivity contribution in [3.8, 4) is 11.8 Å². The Hall–Kier alpha value is -3.18. The van der Waals surface area contributed by atoms with Crippen molar-refractivity contribution in [2.24, 2.45) is 5.92 Å². The number of piperidine rings is 1. The number of benzene rings is 1. The van der Waals surface area contributed by atoms with Crippen LogP contribution in [-0.2, 0) is 25.7 Å². The third-order valence-corrected chi connectivity index (χ3v) is 5.64. The summed E-state index contributed by atoms with van der Waals surface area (Å²) in [6, 6.07) is 4.62. The number of carboxylic acids is 1. The van der Waals surface area contributed by atoms with Crippen LogP contribution in [0.3, 0.4) is 0 Å². The Morgan fingerprint density at radius 3 is 2.79 bits per heavy atom. The summed E-state index contributed by atoms with van der Waals surface area (Å²) in [6.45, 7) is 0.459. The van der Waals surface area contributed by atoms with E-state index in [1.807, 2.05) is 6.07 Å². The van der Waals surface area contributed by atoms with Gasteiger partial charge in [-0.25, -0.2) is 0 Å². The van der Waals surface area contributed by atoms with Crippen LogP contribution >= 0.6 is 0 Å². The molecule has 2 aliphatic heterocycles. The van der Waals surface area contributed by atoms with E-state index in [-0.39, 0.29) is 43.4 Å². The van der Waals surface area contributed by atoms with Gasteiger partial charge >= 0.3 is 5.97 Å². The van der Waals surface area contributed by atoms with Crippen molar-refractivity contribution >= 4 is 23.7 Å². The fourth-order valence-electron chi connectivity index (χ4n) is 3.90. The molecule has 29 heavy (non-hydrogen) atoms. The molecule has 0 spiro atoms. The molecule has 3 aliphatic rings. The van der Waals surface area contributed by atoms with Gasteiger partial charge in [0.25, 0.3) is 5.91 Å². The van der Waals surface area contributed by atoms with Gasteiger partial charge in [0.15, 0.2) is 0 Å². The molecule has 1 aliphatic carbocycles. The predicted octanol–water partition coefficient (Wildman–Crippen LogP) is 0.679. The number of ether oxygens (including phenoxy) is 1. The zero-order valence-corrected chi connectivity index (χ0v) is 15.6. The maximum Gasteiger partial charge on any atom is 0.306 e. The highest BCUT2D eigenvalue weighted by Gasteiger charge is 2.39. The first-order valence-electron chi connectivity index (χ1n) is 9.54. The van der Waals surface area contributed by atoms with Crippen molar-refractivity contribution in [3.05, 3.63) is 34.9 Å². The Labute approximate surface area is 167 Å². The van der Waals surface area contributed by atoms with Crippen LogP contribution in [-0.4, -0.2) is 52.4 Å². The number of carboxylic acid groups (broad SMARTS) is 1. The molecule has 1 aromatic carbocycles. The van der Waals surface area contributed by atoms with Crippen LogP contribution in [0.2, 0.25) is 0 Å². The van der Waals surface area contributed by atoms with Gasteiger partial charge in [-0.3, -0.25) is 24.5 Å². The summed E-state index contributed by atoms with van der Waals surface area (Å²) in [5.41, 5.74) is 1.99. The SMILES string of the molecule is O=C1CCC(N2Cc3c(C#CCOC4CC(C(=O)O)C4)cccc3C2=O)C(=O)N1. The van der Waals surface area contributed by atoms with Gasteiger partial charge in [-0.15, -0.1) is 0 Å². The van der Waals surface area contributed by atoms with Gasteiger partial charge in [0.05, 0.1) is 12.0 Å². The molecule has 1 atom stereocenters. The average molecular weight is 396 g/mol. The minimum atomic E-state index is -0.791. The number of fused-ring (bicyclic) bond motifs is 1. The highest BCUT2D eigenvalue weighted by molar-refractivity contribution is 6.05. The van der Waals surface area contributed by atoms with Gasteiger partial charge in [-0.05, 0) is 37.0 Å². The molecule has 150 valence electrons. The van der Waals surface area contributed by atoms with Crippen LogP contribution in [0.25, 0.3) is 0 Å². The Morgan fingerprint density at radius 1 is 1.28 bits per heavy atom. The molecule has 2 N–H and O–H groups in total. The number of hydrogen-bond donors (Lipinski definition) is 2. The highest BCUT2D eigenvalue weighted by atomic mass is 16.5. The van der Waals surface area contributed by atoms with E-state index in [0.717, 1.165) is 5.56 Å². The van der Waals surface area contributed by atoms with Crippen molar-refractivity contribution in [2.75, 3.05) is 6.61 Å². The fourth-order valence-corrected chi connectivity index (χ4v) is 3.90. The smallest absolute Gasteiger partial charge is 0.306 e. The summed E-state index contributed by atoms with van der Waals surface area (Å²) < 4.78 is 5.56. The van der Waals surface area contributed by atoms with Gasteiger partial charge in [-0.2, -0.15) is 0 Å². The lowest BCUT2D eigenvalue weighted by Crippen LogP contribution is -2.52. The second-order valence-corrected chi connectivity index (χ2v) is 7.47. The van der Waals surface area contributed by atoms with E-state index < -0.39 is 17.9 Å². The summed E-state index contributed by atoms with van der Waals surface area (Å²) >= 11 is 0. The number of nitrogens with one attached hydrogen (secondary N) is 1. The second kappa shape index (κ2) is 7.68. The molecule has 0 aromatic heterocycles. The summed E-state index contributed by atoms with van der Waals surface area (Å²) in [5.74, 6) is 3.84.